The monoisotopic (exact) mass is 260 g/mol. The van der Waals surface area contributed by atoms with Crippen molar-refractivity contribution >= 4 is 23.5 Å². The molecule has 0 aromatic carbocycles. The van der Waals surface area contributed by atoms with Crippen LogP contribution in [-0.2, 0) is 11.8 Å². The van der Waals surface area contributed by atoms with Crippen LogP contribution in [0.3, 0.4) is 0 Å². The third-order valence-electron chi connectivity index (χ3n) is 2.24. The summed E-state index contributed by atoms with van der Waals surface area (Å²) in [4.78, 5) is 22.5. The highest BCUT2D eigenvalue weighted by Crippen LogP contribution is 2.12. The van der Waals surface area contributed by atoms with E-state index >= 15 is 0 Å². The number of hydrogen-bond donors (Lipinski definition) is 3. The number of aliphatic carboxylic acids is 1. The zero-order valence-electron chi connectivity index (χ0n) is 9.35. The Morgan fingerprint density at radius 1 is 1.53 bits per heavy atom. The summed E-state index contributed by atoms with van der Waals surface area (Å²) >= 11 is 5.70. The first-order chi connectivity index (χ1) is 7.82. The molecular formula is C10H13ClN2O4. The van der Waals surface area contributed by atoms with Crippen molar-refractivity contribution in [1.29, 1.82) is 0 Å². The summed E-state index contributed by atoms with van der Waals surface area (Å²) in [5.74, 6) is -1.90. The molecule has 2 atom stereocenters. The van der Waals surface area contributed by atoms with Gasteiger partial charge in [0.1, 0.15) is 5.69 Å². The van der Waals surface area contributed by atoms with Crippen molar-refractivity contribution in [3.8, 4) is 0 Å². The van der Waals surface area contributed by atoms with Crippen LogP contribution in [0, 0.1) is 0 Å². The Hall–Kier alpha value is -1.53. The molecule has 0 fully saturated rings. The normalized spacial score (nSPS) is 14.1. The van der Waals surface area contributed by atoms with E-state index in [0.717, 1.165) is 0 Å². The Kier molecular flexibility index (Phi) is 4.14. The summed E-state index contributed by atoms with van der Waals surface area (Å²) in [5.41, 5.74) is 0.224. The Morgan fingerprint density at radius 3 is 2.47 bits per heavy atom. The molecule has 0 aliphatic rings. The molecule has 1 rings (SSSR count). The highest BCUT2D eigenvalue weighted by atomic mass is 35.5. The molecule has 1 aromatic heterocycles. The van der Waals surface area contributed by atoms with Crippen LogP contribution >= 0.6 is 11.6 Å². The lowest BCUT2D eigenvalue weighted by atomic mass is 10.2. The number of halogens is 1. The quantitative estimate of drug-likeness (QED) is 0.723. The number of aliphatic hydroxyl groups excluding tert-OH is 1. The molecule has 94 valence electrons. The van der Waals surface area contributed by atoms with Crippen LogP contribution in [0.5, 0.6) is 0 Å². The number of nitrogens with one attached hydrogen (secondary N) is 1. The minimum Gasteiger partial charge on any atom is -0.480 e. The van der Waals surface area contributed by atoms with Gasteiger partial charge in [-0.3, -0.25) is 4.79 Å². The van der Waals surface area contributed by atoms with Gasteiger partial charge in [0.25, 0.3) is 5.91 Å². The first-order valence-electron chi connectivity index (χ1n) is 4.86. The van der Waals surface area contributed by atoms with Gasteiger partial charge in [0, 0.05) is 13.2 Å². The molecule has 3 N–H and O–H groups in total. The number of amides is 1. The third-order valence-corrected chi connectivity index (χ3v) is 2.45. The number of aromatic nitrogens is 1. The molecule has 2 unspecified atom stereocenters. The molecule has 0 bridgehead atoms. The van der Waals surface area contributed by atoms with E-state index in [0.29, 0.717) is 5.02 Å². The largest absolute Gasteiger partial charge is 0.480 e. The maximum absolute atomic E-state index is 11.7. The Balaban J connectivity index is 2.85. The highest BCUT2D eigenvalue weighted by molar-refractivity contribution is 6.31. The molecule has 1 aromatic rings. The molecule has 6 nitrogen and oxygen atoms in total. The maximum atomic E-state index is 11.7. The Morgan fingerprint density at radius 2 is 2.12 bits per heavy atom. The van der Waals surface area contributed by atoms with Crippen LogP contribution in [0.25, 0.3) is 0 Å². The minimum absolute atomic E-state index is 0.224. The first-order valence-corrected chi connectivity index (χ1v) is 5.24. The second kappa shape index (κ2) is 5.20. The van der Waals surface area contributed by atoms with E-state index < -0.39 is 24.0 Å². The van der Waals surface area contributed by atoms with Gasteiger partial charge in [-0.1, -0.05) is 11.6 Å². The van der Waals surface area contributed by atoms with Gasteiger partial charge in [0.2, 0.25) is 0 Å². The molecule has 0 aliphatic heterocycles. The molecule has 0 spiro atoms. The van der Waals surface area contributed by atoms with E-state index in [-0.39, 0.29) is 5.69 Å². The van der Waals surface area contributed by atoms with E-state index in [1.165, 1.54) is 23.8 Å². The zero-order valence-corrected chi connectivity index (χ0v) is 10.1. The second-order valence-corrected chi connectivity index (χ2v) is 4.12. The summed E-state index contributed by atoms with van der Waals surface area (Å²) in [6, 6.07) is 0.0638. The number of aryl methyl sites for hydroxylation is 1. The maximum Gasteiger partial charge on any atom is 0.328 e. The average molecular weight is 261 g/mol. The SMILES string of the molecule is CC(O)C(NC(=O)c1cc(Cl)cn1C)C(=O)O. The van der Waals surface area contributed by atoms with Gasteiger partial charge >= 0.3 is 5.97 Å². The van der Waals surface area contributed by atoms with Gasteiger partial charge < -0.3 is 20.1 Å². The summed E-state index contributed by atoms with van der Waals surface area (Å²) < 4.78 is 1.47. The smallest absolute Gasteiger partial charge is 0.328 e. The number of carboxylic acids is 1. The minimum atomic E-state index is -1.35. The number of carbonyl (C=O) groups excluding carboxylic acids is 1. The summed E-state index contributed by atoms with van der Waals surface area (Å²) in [6.07, 6.45) is 0.335. The molecule has 0 saturated heterocycles. The van der Waals surface area contributed by atoms with E-state index in [9.17, 15) is 14.7 Å². The van der Waals surface area contributed by atoms with Gasteiger partial charge in [-0.2, -0.15) is 0 Å². The molecule has 0 radical (unpaired) electrons. The van der Waals surface area contributed by atoms with Gasteiger partial charge in [0.05, 0.1) is 11.1 Å². The second-order valence-electron chi connectivity index (χ2n) is 3.68. The summed E-state index contributed by atoms with van der Waals surface area (Å²) in [7, 11) is 1.61. The molecule has 1 amide bonds. The van der Waals surface area contributed by atoms with Crippen LogP contribution in [0.2, 0.25) is 5.02 Å². The number of rotatable bonds is 4. The molecular weight excluding hydrogens is 248 g/mol. The third kappa shape index (κ3) is 3.21. The number of nitrogens with zero attached hydrogens (tertiary/aromatic N) is 1. The number of hydrogen-bond acceptors (Lipinski definition) is 3. The van der Waals surface area contributed by atoms with Crippen LogP contribution < -0.4 is 5.32 Å². The van der Waals surface area contributed by atoms with E-state index in [1.807, 2.05) is 0 Å². The predicted octanol–water partition coefficient (Wildman–Crippen LogP) is 0.242. The Labute approximate surface area is 103 Å². The van der Waals surface area contributed by atoms with Crippen molar-refractivity contribution in [2.24, 2.45) is 7.05 Å². The topological polar surface area (TPSA) is 91.6 Å². The standard InChI is InChI=1S/C10H13ClN2O4/c1-5(14)8(10(16)17)12-9(15)7-3-6(11)4-13(7)2/h3-5,8,14H,1-2H3,(H,12,15)(H,16,17). The van der Waals surface area contributed by atoms with Crippen LogP contribution in [0.4, 0.5) is 0 Å². The van der Waals surface area contributed by atoms with Crippen molar-refractivity contribution in [3.05, 3.63) is 23.0 Å². The van der Waals surface area contributed by atoms with Gasteiger partial charge in [-0.15, -0.1) is 0 Å². The average Bonchev–Trinajstić information content (AvgIpc) is 2.53. The first kappa shape index (κ1) is 13.5. The van der Waals surface area contributed by atoms with Crippen molar-refractivity contribution < 1.29 is 19.8 Å². The van der Waals surface area contributed by atoms with Gasteiger partial charge in [-0.25, -0.2) is 4.79 Å². The van der Waals surface area contributed by atoms with Crippen LogP contribution in [0.15, 0.2) is 12.3 Å². The van der Waals surface area contributed by atoms with Crippen molar-refractivity contribution in [3.63, 3.8) is 0 Å². The number of carbonyl (C=O) groups is 2. The van der Waals surface area contributed by atoms with Gasteiger partial charge in [0.15, 0.2) is 6.04 Å². The fraction of sp³-hybridized carbons (Fsp3) is 0.400. The lowest BCUT2D eigenvalue weighted by molar-refractivity contribution is -0.141. The number of carboxylic acid groups (broad SMARTS) is 1. The molecule has 0 saturated carbocycles. The van der Waals surface area contributed by atoms with E-state index in [1.54, 1.807) is 7.05 Å². The molecule has 0 aliphatic carbocycles. The Bertz CT molecular complexity index is 442. The number of aliphatic hydroxyl groups is 1. The summed E-state index contributed by atoms with van der Waals surface area (Å²) in [5, 5.41) is 20.6. The molecule has 1 heterocycles. The van der Waals surface area contributed by atoms with E-state index in [4.69, 9.17) is 16.7 Å². The van der Waals surface area contributed by atoms with Crippen molar-refractivity contribution in [2.75, 3.05) is 0 Å². The summed E-state index contributed by atoms with van der Waals surface area (Å²) in [6.45, 7) is 1.29. The van der Waals surface area contributed by atoms with Gasteiger partial charge in [-0.05, 0) is 13.0 Å². The van der Waals surface area contributed by atoms with Crippen LogP contribution in [0.1, 0.15) is 17.4 Å². The van der Waals surface area contributed by atoms with Crippen molar-refractivity contribution in [2.45, 2.75) is 19.1 Å². The predicted molar refractivity (Wildman–Crippen MR) is 61.0 cm³/mol. The van der Waals surface area contributed by atoms with Crippen LogP contribution in [-0.4, -0.2) is 38.8 Å². The zero-order chi connectivity index (χ0) is 13.2. The van der Waals surface area contributed by atoms with E-state index in [2.05, 4.69) is 5.32 Å². The highest BCUT2D eigenvalue weighted by Gasteiger charge is 2.26. The van der Waals surface area contributed by atoms with Crippen molar-refractivity contribution in [1.82, 2.24) is 9.88 Å². The lowest BCUT2D eigenvalue weighted by Crippen LogP contribution is -2.48. The fourth-order valence-corrected chi connectivity index (χ4v) is 1.60. The fourth-order valence-electron chi connectivity index (χ4n) is 1.35. The molecule has 17 heavy (non-hydrogen) atoms. The molecule has 7 heteroatoms. The lowest BCUT2D eigenvalue weighted by Gasteiger charge is -2.17.